The lowest BCUT2D eigenvalue weighted by molar-refractivity contribution is -0.159. The maximum Gasteiger partial charge on any atom is 0.242 e. The van der Waals surface area contributed by atoms with Crippen LogP contribution in [0.15, 0.2) is 42.6 Å². The number of aromatic nitrogens is 1. The van der Waals surface area contributed by atoms with E-state index in [1.807, 2.05) is 25.7 Å². The summed E-state index contributed by atoms with van der Waals surface area (Å²) >= 11 is 0. The molecule has 2 aliphatic rings. The van der Waals surface area contributed by atoms with Gasteiger partial charge >= 0.3 is 0 Å². The summed E-state index contributed by atoms with van der Waals surface area (Å²) in [7, 11) is 0. The zero-order valence-electron chi connectivity index (χ0n) is 19.1. The Balaban J connectivity index is 1.32. The molecule has 0 unspecified atom stereocenters. The number of rotatable bonds is 6. The molecule has 8 nitrogen and oxygen atoms in total. The lowest BCUT2D eigenvalue weighted by atomic mass is 9.94. The molecule has 4 rings (SSSR count). The zero-order valence-corrected chi connectivity index (χ0v) is 19.1. The van der Waals surface area contributed by atoms with Crippen LogP contribution in [-0.2, 0) is 14.3 Å². The molecule has 2 aromatic rings. The molecule has 2 amide bonds. The van der Waals surface area contributed by atoms with Crippen molar-refractivity contribution in [2.45, 2.75) is 32.4 Å². The Hall–Kier alpha value is -3.04. The molecule has 3 heterocycles. The average Bonchev–Trinajstić information content (AvgIpc) is 2.74. The molecule has 1 atom stereocenters. The van der Waals surface area contributed by atoms with Crippen LogP contribution in [0, 0.1) is 11.7 Å². The zero-order chi connectivity index (χ0) is 23.6. The summed E-state index contributed by atoms with van der Waals surface area (Å²) in [5.41, 5.74) is -0.378. The predicted octanol–water partition coefficient (Wildman–Crippen LogP) is 2.91. The minimum Gasteiger partial charge on any atom is -0.456 e. The first-order valence-corrected chi connectivity index (χ1v) is 11.1. The highest BCUT2D eigenvalue weighted by Gasteiger charge is 2.42. The van der Waals surface area contributed by atoms with Gasteiger partial charge in [0.2, 0.25) is 11.8 Å². The second-order valence-corrected chi connectivity index (χ2v) is 9.11. The van der Waals surface area contributed by atoms with Crippen molar-refractivity contribution in [1.29, 1.82) is 0 Å². The van der Waals surface area contributed by atoms with Crippen molar-refractivity contribution < 1.29 is 23.5 Å². The number of carbonyl (C=O) groups excluding carboxylic acids is 2. The molecular formula is C24H29FN4O4. The molecule has 2 fully saturated rings. The number of nitrogens with zero attached hydrogens (tertiary/aromatic N) is 3. The van der Waals surface area contributed by atoms with E-state index in [0.29, 0.717) is 50.2 Å². The van der Waals surface area contributed by atoms with E-state index in [1.54, 1.807) is 12.1 Å². The van der Waals surface area contributed by atoms with Crippen LogP contribution in [0.25, 0.3) is 0 Å². The largest absolute Gasteiger partial charge is 0.456 e. The van der Waals surface area contributed by atoms with E-state index in [9.17, 15) is 14.0 Å². The van der Waals surface area contributed by atoms with E-state index in [2.05, 4.69) is 15.2 Å². The third-order valence-electron chi connectivity index (χ3n) is 6.15. The fourth-order valence-electron chi connectivity index (χ4n) is 4.08. The van der Waals surface area contributed by atoms with Crippen LogP contribution in [0.2, 0.25) is 0 Å². The molecule has 0 radical (unpaired) electrons. The Morgan fingerprint density at radius 1 is 1.15 bits per heavy atom. The molecule has 0 spiro atoms. The molecule has 2 aliphatic heterocycles. The van der Waals surface area contributed by atoms with Crippen molar-refractivity contribution >= 4 is 17.6 Å². The fourth-order valence-corrected chi connectivity index (χ4v) is 4.08. The molecule has 0 saturated carbocycles. The number of amides is 2. The Labute approximate surface area is 192 Å². The molecule has 1 N–H and O–H groups in total. The first-order valence-electron chi connectivity index (χ1n) is 11.1. The van der Waals surface area contributed by atoms with Crippen molar-refractivity contribution in [2.75, 3.05) is 38.2 Å². The molecule has 0 aliphatic carbocycles. The van der Waals surface area contributed by atoms with E-state index in [1.165, 1.54) is 30.5 Å². The van der Waals surface area contributed by atoms with E-state index in [-0.39, 0.29) is 35.1 Å². The minimum atomic E-state index is -0.384. The van der Waals surface area contributed by atoms with Crippen LogP contribution in [0.1, 0.15) is 20.8 Å². The normalized spacial score (nSPS) is 19.5. The molecule has 33 heavy (non-hydrogen) atoms. The number of nitrogens with one attached hydrogen (secondary N) is 1. The topological polar surface area (TPSA) is 84.0 Å². The predicted molar refractivity (Wildman–Crippen MR) is 120 cm³/mol. The summed E-state index contributed by atoms with van der Waals surface area (Å²) in [6, 6.07) is 8.65. The summed E-state index contributed by atoms with van der Waals surface area (Å²) in [6.07, 6.45) is 1.50. The number of carbonyl (C=O) groups is 2. The Morgan fingerprint density at radius 3 is 2.42 bits per heavy atom. The first kappa shape index (κ1) is 23.1. The average molecular weight is 457 g/mol. The molecule has 1 aromatic carbocycles. The maximum atomic E-state index is 13.0. The fraction of sp³-hybridized carbons (Fsp3) is 0.458. The van der Waals surface area contributed by atoms with Gasteiger partial charge in [0.05, 0.1) is 36.9 Å². The van der Waals surface area contributed by atoms with Gasteiger partial charge in [0, 0.05) is 19.6 Å². The van der Waals surface area contributed by atoms with E-state index in [4.69, 9.17) is 9.47 Å². The molecule has 1 aromatic heterocycles. The number of ether oxygens (including phenoxy) is 2. The molecule has 9 heteroatoms. The van der Waals surface area contributed by atoms with Gasteiger partial charge in [0.15, 0.2) is 0 Å². The summed E-state index contributed by atoms with van der Waals surface area (Å²) in [6.45, 7) is 8.70. The molecule has 176 valence electrons. The Kier molecular flexibility index (Phi) is 6.62. The summed E-state index contributed by atoms with van der Waals surface area (Å²) in [4.78, 5) is 33.8. The highest BCUT2D eigenvalue weighted by Crippen LogP contribution is 2.27. The second kappa shape index (κ2) is 9.44. The van der Waals surface area contributed by atoms with Crippen LogP contribution in [0.3, 0.4) is 0 Å². The maximum absolute atomic E-state index is 13.0. The van der Waals surface area contributed by atoms with E-state index in [0.717, 1.165) is 0 Å². The van der Waals surface area contributed by atoms with Crippen LogP contribution in [0.4, 0.5) is 10.2 Å². The van der Waals surface area contributed by atoms with Gasteiger partial charge < -0.3 is 19.7 Å². The third-order valence-corrected chi connectivity index (χ3v) is 6.15. The first-order chi connectivity index (χ1) is 15.7. The lowest BCUT2D eigenvalue weighted by Gasteiger charge is -2.50. The number of pyridine rings is 1. The van der Waals surface area contributed by atoms with Gasteiger partial charge in [0.25, 0.3) is 0 Å². The van der Waals surface area contributed by atoms with Crippen LogP contribution >= 0.6 is 0 Å². The number of hydrogen-bond acceptors (Lipinski definition) is 6. The van der Waals surface area contributed by atoms with Gasteiger partial charge in [-0.15, -0.1) is 0 Å². The summed E-state index contributed by atoms with van der Waals surface area (Å²) in [5.74, 6) is 0.972. The summed E-state index contributed by atoms with van der Waals surface area (Å²) < 4.78 is 23.8. The van der Waals surface area contributed by atoms with Crippen molar-refractivity contribution in [3.63, 3.8) is 0 Å². The van der Waals surface area contributed by atoms with Gasteiger partial charge in [-0.1, -0.05) is 0 Å². The van der Waals surface area contributed by atoms with Gasteiger partial charge in [-0.2, -0.15) is 0 Å². The molecular weight excluding hydrogens is 427 g/mol. The van der Waals surface area contributed by atoms with Crippen molar-refractivity contribution in [3.05, 3.63) is 48.4 Å². The second-order valence-electron chi connectivity index (χ2n) is 9.11. The smallest absolute Gasteiger partial charge is 0.242 e. The van der Waals surface area contributed by atoms with Crippen molar-refractivity contribution in [2.24, 2.45) is 5.92 Å². The number of benzene rings is 1. The van der Waals surface area contributed by atoms with Gasteiger partial charge in [-0.3, -0.25) is 14.5 Å². The van der Waals surface area contributed by atoms with Crippen LogP contribution < -0.4 is 10.1 Å². The van der Waals surface area contributed by atoms with E-state index >= 15 is 0 Å². The van der Waals surface area contributed by atoms with Crippen LogP contribution in [0.5, 0.6) is 11.5 Å². The number of halogens is 1. The summed E-state index contributed by atoms with van der Waals surface area (Å²) in [5, 5.41) is 2.84. The highest BCUT2D eigenvalue weighted by molar-refractivity contribution is 5.93. The highest BCUT2D eigenvalue weighted by atomic mass is 19.1. The Bertz CT molecular complexity index is 993. The number of anilines is 1. The van der Waals surface area contributed by atoms with Crippen molar-refractivity contribution in [3.8, 4) is 11.5 Å². The number of piperazine rings is 1. The quantitative estimate of drug-likeness (QED) is 0.720. The van der Waals surface area contributed by atoms with Crippen LogP contribution in [-0.4, -0.2) is 71.0 Å². The number of hydrogen-bond donors (Lipinski definition) is 1. The van der Waals surface area contributed by atoms with Gasteiger partial charge in [0.1, 0.15) is 23.1 Å². The SMILES string of the molecule is C[C@@H](C(=O)Nc1ccc(Oc2ccc(F)cc2)cn1)N1CCN(C(=O)C2COC2)C(C)(C)C1. The molecule has 2 saturated heterocycles. The van der Waals surface area contributed by atoms with E-state index < -0.39 is 0 Å². The monoisotopic (exact) mass is 456 g/mol. The molecule has 0 bridgehead atoms. The third kappa shape index (κ3) is 5.31. The standard InChI is InChI=1S/C24H29FN4O4/c1-16(28-10-11-29(24(2,3)15-28)23(31)17-13-32-14-17)22(30)27-21-9-8-20(12-26-21)33-19-6-4-18(25)5-7-19/h4-9,12,16-17H,10-11,13-15H2,1-3H3,(H,26,27,30)/t16-/m0/s1. The lowest BCUT2D eigenvalue weighted by Crippen LogP contribution is -2.65. The van der Waals surface area contributed by atoms with Crippen molar-refractivity contribution in [1.82, 2.24) is 14.8 Å². The van der Waals surface area contributed by atoms with Gasteiger partial charge in [-0.25, -0.2) is 9.37 Å². The minimum absolute atomic E-state index is 0.0439. The van der Waals surface area contributed by atoms with Gasteiger partial charge in [-0.05, 0) is 57.2 Å². The Morgan fingerprint density at radius 2 is 1.85 bits per heavy atom.